The molecule has 126 valence electrons. The van der Waals surface area contributed by atoms with Gasteiger partial charge in [-0.3, -0.25) is 4.68 Å². The third kappa shape index (κ3) is 4.20. The van der Waals surface area contributed by atoms with Crippen LogP contribution in [0.1, 0.15) is 51.8 Å². The summed E-state index contributed by atoms with van der Waals surface area (Å²) < 4.78 is 29.1. The SMILES string of the molecule is CCn1cc(S(=O)(=O)NC(C)c2ccc(C(C)(C)C)cc2)cn1. The van der Waals surface area contributed by atoms with E-state index in [-0.39, 0.29) is 16.4 Å². The minimum Gasteiger partial charge on any atom is -0.272 e. The van der Waals surface area contributed by atoms with Crippen LogP contribution >= 0.6 is 0 Å². The highest BCUT2D eigenvalue weighted by Gasteiger charge is 2.20. The molecule has 1 aromatic carbocycles. The maximum absolute atomic E-state index is 12.4. The van der Waals surface area contributed by atoms with Gasteiger partial charge in [-0.05, 0) is 30.4 Å². The van der Waals surface area contributed by atoms with E-state index in [1.165, 1.54) is 18.0 Å². The summed E-state index contributed by atoms with van der Waals surface area (Å²) in [5, 5.41) is 4.02. The van der Waals surface area contributed by atoms with Crippen molar-refractivity contribution < 1.29 is 8.42 Å². The maximum Gasteiger partial charge on any atom is 0.244 e. The van der Waals surface area contributed by atoms with E-state index < -0.39 is 10.0 Å². The quantitative estimate of drug-likeness (QED) is 0.912. The molecule has 0 saturated heterocycles. The van der Waals surface area contributed by atoms with Crippen molar-refractivity contribution in [3.63, 3.8) is 0 Å². The van der Waals surface area contributed by atoms with Crippen LogP contribution in [-0.4, -0.2) is 18.2 Å². The highest BCUT2D eigenvalue weighted by Crippen LogP contribution is 2.24. The molecule has 0 saturated carbocycles. The molecular formula is C17H25N3O2S. The molecule has 1 atom stereocenters. The molecule has 0 aliphatic heterocycles. The van der Waals surface area contributed by atoms with Crippen molar-refractivity contribution in [1.82, 2.24) is 14.5 Å². The van der Waals surface area contributed by atoms with E-state index in [2.05, 4.69) is 42.7 Å². The molecule has 0 radical (unpaired) electrons. The molecule has 0 bridgehead atoms. The monoisotopic (exact) mass is 335 g/mol. The molecule has 1 N–H and O–H groups in total. The van der Waals surface area contributed by atoms with Crippen LogP contribution in [0.3, 0.4) is 0 Å². The lowest BCUT2D eigenvalue weighted by Crippen LogP contribution is -2.26. The molecule has 23 heavy (non-hydrogen) atoms. The van der Waals surface area contributed by atoms with Gasteiger partial charge in [0.15, 0.2) is 0 Å². The standard InChI is InChI=1S/C17H25N3O2S/c1-6-20-12-16(11-18-20)23(21,22)19-13(2)14-7-9-15(10-8-14)17(3,4)5/h7-13,19H,6H2,1-5H3. The Balaban J connectivity index is 2.16. The van der Waals surface area contributed by atoms with Gasteiger partial charge >= 0.3 is 0 Å². The summed E-state index contributed by atoms with van der Waals surface area (Å²) >= 11 is 0. The molecule has 0 amide bonds. The highest BCUT2D eigenvalue weighted by molar-refractivity contribution is 7.89. The van der Waals surface area contributed by atoms with Gasteiger partial charge in [-0.15, -0.1) is 0 Å². The number of hydrogen-bond acceptors (Lipinski definition) is 3. The summed E-state index contributed by atoms with van der Waals surface area (Å²) in [4.78, 5) is 0.192. The van der Waals surface area contributed by atoms with Crippen LogP contribution in [0.5, 0.6) is 0 Å². The summed E-state index contributed by atoms with van der Waals surface area (Å²) in [5.41, 5.74) is 2.24. The number of nitrogens with zero attached hydrogens (tertiary/aromatic N) is 2. The number of hydrogen-bond donors (Lipinski definition) is 1. The Morgan fingerprint density at radius 3 is 2.30 bits per heavy atom. The van der Waals surface area contributed by atoms with Gasteiger partial charge in [0.2, 0.25) is 10.0 Å². The Kier molecular flexibility index (Phi) is 4.96. The van der Waals surface area contributed by atoms with Crippen molar-refractivity contribution in [3.05, 3.63) is 47.8 Å². The molecule has 5 nitrogen and oxygen atoms in total. The molecule has 6 heteroatoms. The third-order valence-corrected chi connectivity index (χ3v) is 5.35. The van der Waals surface area contributed by atoms with Crippen molar-refractivity contribution >= 4 is 10.0 Å². The van der Waals surface area contributed by atoms with Gasteiger partial charge in [0.05, 0.1) is 6.20 Å². The zero-order valence-electron chi connectivity index (χ0n) is 14.4. The zero-order chi connectivity index (χ0) is 17.3. The van der Waals surface area contributed by atoms with Crippen LogP contribution in [0.4, 0.5) is 0 Å². The minimum atomic E-state index is -3.57. The predicted molar refractivity (Wildman–Crippen MR) is 91.8 cm³/mol. The normalized spacial score (nSPS) is 14.0. The lowest BCUT2D eigenvalue weighted by molar-refractivity contribution is 0.565. The Morgan fingerprint density at radius 1 is 1.22 bits per heavy atom. The Hall–Kier alpha value is -1.66. The van der Waals surface area contributed by atoms with Gasteiger partial charge in [0.1, 0.15) is 4.90 Å². The lowest BCUT2D eigenvalue weighted by Gasteiger charge is -2.20. The lowest BCUT2D eigenvalue weighted by atomic mass is 9.86. The second kappa shape index (κ2) is 6.45. The van der Waals surface area contributed by atoms with Crippen LogP contribution in [-0.2, 0) is 22.0 Å². The fourth-order valence-electron chi connectivity index (χ4n) is 2.30. The van der Waals surface area contributed by atoms with E-state index in [4.69, 9.17) is 0 Å². The first kappa shape index (κ1) is 17.7. The number of aryl methyl sites for hydroxylation is 1. The van der Waals surface area contributed by atoms with Crippen molar-refractivity contribution in [2.75, 3.05) is 0 Å². The highest BCUT2D eigenvalue weighted by atomic mass is 32.2. The van der Waals surface area contributed by atoms with Crippen LogP contribution in [0.15, 0.2) is 41.6 Å². The number of nitrogens with one attached hydrogen (secondary N) is 1. The summed E-state index contributed by atoms with van der Waals surface area (Å²) in [6.07, 6.45) is 2.92. The Bertz CT molecular complexity index is 756. The molecule has 1 heterocycles. The van der Waals surface area contributed by atoms with E-state index in [1.807, 2.05) is 26.0 Å². The Labute approximate surface area is 138 Å². The predicted octanol–water partition coefficient (Wildman–Crippen LogP) is 3.24. The summed E-state index contributed by atoms with van der Waals surface area (Å²) in [6.45, 7) is 10.8. The van der Waals surface area contributed by atoms with Gasteiger partial charge in [-0.2, -0.15) is 5.10 Å². The molecule has 0 aliphatic rings. The van der Waals surface area contributed by atoms with Gasteiger partial charge in [0.25, 0.3) is 0 Å². The number of sulfonamides is 1. The first-order valence-corrected chi connectivity index (χ1v) is 9.27. The average Bonchev–Trinajstić information content (AvgIpc) is 2.96. The fraction of sp³-hybridized carbons (Fsp3) is 0.471. The molecule has 0 aliphatic carbocycles. The average molecular weight is 335 g/mol. The first-order valence-electron chi connectivity index (χ1n) is 7.78. The van der Waals surface area contributed by atoms with E-state index in [0.717, 1.165) is 5.56 Å². The number of rotatable bonds is 5. The number of benzene rings is 1. The van der Waals surface area contributed by atoms with E-state index in [9.17, 15) is 8.42 Å². The molecule has 1 aromatic heterocycles. The fourth-order valence-corrected chi connectivity index (χ4v) is 3.48. The smallest absolute Gasteiger partial charge is 0.244 e. The van der Waals surface area contributed by atoms with Crippen molar-refractivity contribution in [3.8, 4) is 0 Å². The van der Waals surface area contributed by atoms with E-state index in [0.29, 0.717) is 6.54 Å². The van der Waals surface area contributed by atoms with E-state index >= 15 is 0 Å². The largest absolute Gasteiger partial charge is 0.272 e. The van der Waals surface area contributed by atoms with E-state index in [1.54, 1.807) is 4.68 Å². The van der Waals surface area contributed by atoms with Gasteiger partial charge in [-0.1, -0.05) is 45.0 Å². The molecule has 1 unspecified atom stereocenters. The molecule has 0 fully saturated rings. The van der Waals surface area contributed by atoms with Crippen molar-refractivity contribution in [1.29, 1.82) is 0 Å². The maximum atomic E-state index is 12.4. The third-order valence-electron chi connectivity index (χ3n) is 3.85. The van der Waals surface area contributed by atoms with Gasteiger partial charge in [-0.25, -0.2) is 13.1 Å². The summed E-state index contributed by atoms with van der Waals surface area (Å²) in [7, 11) is -3.57. The molecular weight excluding hydrogens is 310 g/mol. The summed E-state index contributed by atoms with van der Waals surface area (Å²) in [5.74, 6) is 0. The van der Waals surface area contributed by atoms with Crippen molar-refractivity contribution in [2.45, 2.75) is 57.5 Å². The minimum absolute atomic E-state index is 0.0794. The second-order valence-electron chi connectivity index (χ2n) is 6.75. The van der Waals surface area contributed by atoms with Crippen LogP contribution in [0.25, 0.3) is 0 Å². The zero-order valence-corrected chi connectivity index (χ0v) is 15.2. The second-order valence-corrected chi connectivity index (χ2v) is 8.46. The van der Waals surface area contributed by atoms with Gasteiger partial charge < -0.3 is 0 Å². The van der Waals surface area contributed by atoms with Crippen LogP contribution < -0.4 is 4.72 Å². The topological polar surface area (TPSA) is 64.0 Å². The molecule has 0 spiro atoms. The molecule has 2 aromatic rings. The van der Waals surface area contributed by atoms with Crippen molar-refractivity contribution in [2.24, 2.45) is 0 Å². The first-order chi connectivity index (χ1) is 10.6. The van der Waals surface area contributed by atoms with Crippen LogP contribution in [0.2, 0.25) is 0 Å². The van der Waals surface area contributed by atoms with Crippen LogP contribution in [0, 0.1) is 0 Å². The number of aromatic nitrogens is 2. The summed E-state index contributed by atoms with van der Waals surface area (Å²) in [6, 6.07) is 7.75. The Morgan fingerprint density at radius 2 is 1.83 bits per heavy atom. The van der Waals surface area contributed by atoms with Gasteiger partial charge in [0, 0.05) is 18.8 Å². The molecule has 2 rings (SSSR count).